The molecule has 4 heterocycles. The molecule has 5 rings (SSSR count). The fourth-order valence-corrected chi connectivity index (χ4v) is 5.67. The van der Waals surface area contributed by atoms with Crippen LogP contribution in [0.2, 0.25) is 0 Å². The largest absolute Gasteiger partial charge is 0.453 e. The van der Waals surface area contributed by atoms with Gasteiger partial charge in [-0.25, -0.2) is 9.78 Å². The molecule has 3 unspecified atom stereocenters. The monoisotopic (exact) mass is 588 g/mol. The van der Waals surface area contributed by atoms with Gasteiger partial charge in [-0.3, -0.25) is 14.6 Å². The van der Waals surface area contributed by atoms with E-state index in [0.29, 0.717) is 31.9 Å². The molecule has 0 spiro atoms. The van der Waals surface area contributed by atoms with Gasteiger partial charge in [0.15, 0.2) is 6.54 Å². The molecule has 3 atom stereocenters. The number of benzene rings is 1. The van der Waals surface area contributed by atoms with Crippen LogP contribution in [0, 0.1) is 10.8 Å². The number of likely N-dealkylation sites (tertiary alicyclic amines) is 1. The highest BCUT2D eigenvalue weighted by atomic mass is 16.5. The van der Waals surface area contributed by atoms with E-state index in [1.54, 1.807) is 17.3 Å². The number of pyridine rings is 1. The highest BCUT2D eigenvalue weighted by Gasteiger charge is 2.38. The van der Waals surface area contributed by atoms with E-state index < -0.39 is 18.2 Å². The van der Waals surface area contributed by atoms with E-state index in [4.69, 9.17) is 4.74 Å². The summed E-state index contributed by atoms with van der Waals surface area (Å²) in [6.07, 6.45) is 5.87. The molecule has 12 nitrogen and oxygen atoms in total. The maximum atomic E-state index is 13.4. The first-order chi connectivity index (χ1) is 20.7. The SMILES string of the molecule is COC(=O)NC(C(=O)N1CCCC1c1ncc(-c2ccc(-c3ccc(CNC(=O)C4CCC[N+]4=O)cc3)nc2)[nH]1)C(C)C. The Hall–Kier alpha value is -4.61. The third-order valence-corrected chi connectivity index (χ3v) is 8.14. The van der Waals surface area contributed by atoms with Gasteiger partial charge in [-0.15, -0.1) is 0 Å². The molecular weight excluding hydrogens is 550 g/mol. The molecule has 1 aromatic carbocycles. The van der Waals surface area contributed by atoms with Gasteiger partial charge in [0, 0.05) is 52.9 Å². The molecule has 2 saturated heterocycles. The third-order valence-electron chi connectivity index (χ3n) is 8.14. The van der Waals surface area contributed by atoms with Crippen molar-refractivity contribution in [2.24, 2.45) is 5.92 Å². The van der Waals surface area contributed by atoms with Crippen LogP contribution in [0.25, 0.3) is 22.5 Å². The number of rotatable bonds is 9. The fraction of sp³-hybridized carbons (Fsp3) is 0.452. The lowest BCUT2D eigenvalue weighted by atomic mass is 10.0. The Balaban J connectivity index is 1.21. The minimum absolute atomic E-state index is 0.102. The Kier molecular flexibility index (Phi) is 9.13. The topological polar surface area (TPSA) is 149 Å². The van der Waals surface area contributed by atoms with E-state index in [1.165, 1.54) is 7.11 Å². The van der Waals surface area contributed by atoms with Crippen LogP contribution in [-0.2, 0) is 20.9 Å². The number of nitrogens with one attached hydrogen (secondary N) is 3. The van der Waals surface area contributed by atoms with Gasteiger partial charge >= 0.3 is 6.09 Å². The number of ether oxygens (including phenoxy) is 1. The summed E-state index contributed by atoms with van der Waals surface area (Å²) in [6, 6.07) is 10.2. The number of H-pyrrole nitrogens is 1. The highest BCUT2D eigenvalue weighted by molar-refractivity contribution is 5.86. The van der Waals surface area contributed by atoms with Crippen LogP contribution >= 0.6 is 0 Å². The standard InChI is InChI=1S/C31H37N7O5/c1-19(2)27(36-31(41)43-3)30(40)37-14-4-6-25(37)28-33-18-24(35-28)22-12-13-23(32-17-22)21-10-8-20(9-11-21)16-34-29(39)26-7-5-15-38(26)42/h8-13,17-19,25-27H,4-7,14-16H2,1-3H3,(H2-,33,34,35,36,39,41)/p+1. The number of nitrogens with zero attached hydrogens (tertiary/aromatic N) is 4. The van der Waals surface area contributed by atoms with Crippen LogP contribution in [0.3, 0.4) is 0 Å². The molecule has 0 radical (unpaired) electrons. The van der Waals surface area contributed by atoms with Crippen LogP contribution in [0.5, 0.6) is 0 Å². The summed E-state index contributed by atoms with van der Waals surface area (Å²) < 4.78 is 5.58. The second-order valence-electron chi connectivity index (χ2n) is 11.4. The maximum Gasteiger partial charge on any atom is 0.407 e. The quantitative estimate of drug-likeness (QED) is 0.322. The Labute approximate surface area is 250 Å². The van der Waals surface area contributed by atoms with Gasteiger partial charge in [0.25, 0.3) is 11.9 Å². The molecule has 3 N–H and O–H groups in total. The molecular formula is C31H38N7O5+. The van der Waals surface area contributed by atoms with Crippen LogP contribution in [0.4, 0.5) is 4.79 Å². The summed E-state index contributed by atoms with van der Waals surface area (Å²) in [6.45, 7) is 5.14. The van der Waals surface area contributed by atoms with Gasteiger partial charge in [0.1, 0.15) is 11.9 Å². The number of aromatic nitrogens is 3. The predicted octanol–water partition coefficient (Wildman–Crippen LogP) is 3.74. The number of methoxy groups -OCH3 is 1. The second-order valence-corrected chi connectivity index (χ2v) is 11.4. The molecule has 0 bridgehead atoms. The van der Waals surface area contributed by atoms with Crippen molar-refractivity contribution in [3.05, 3.63) is 65.1 Å². The molecule has 2 aliphatic rings. The molecule has 12 heteroatoms. The fourth-order valence-electron chi connectivity index (χ4n) is 5.67. The van der Waals surface area contributed by atoms with E-state index in [1.807, 2.05) is 50.2 Å². The number of carbonyl (C=O) groups excluding carboxylic acids is 3. The van der Waals surface area contributed by atoms with Crippen molar-refractivity contribution in [3.8, 4) is 22.5 Å². The number of nitroso groups, excluding NO2 is 1. The minimum atomic E-state index is -0.686. The van der Waals surface area contributed by atoms with Gasteiger partial charge in [0.05, 0.1) is 30.7 Å². The molecule has 2 aliphatic heterocycles. The van der Waals surface area contributed by atoms with Gasteiger partial charge in [-0.05, 0) is 36.5 Å². The predicted molar refractivity (Wildman–Crippen MR) is 158 cm³/mol. The summed E-state index contributed by atoms with van der Waals surface area (Å²) in [4.78, 5) is 63.6. The highest BCUT2D eigenvalue weighted by Crippen LogP contribution is 2.33. The Bertz CT molecular complexity index is 1470. The van der Waals surface area contributed by atoms with E-state index in [2.05, 4.69) is 25.6 Å². The number of carbonyl (C=O) groups is 3. The second kappa shape index (κ2) is 13.1. The van der Waals surface area contributed by atoms with Crippen molar-refractivity contribution in [1.29, 1.82) is 0 Å². The molecule has 3 amide bonds. The minimum Gasteiger partial charge on any atom is -0.453 e. The van der Waals surface area contributed by atoms with Crippen molar-refractivity contribution in [2.45, 2.75) is 64.2 Å². The van der Waals surface area contributed by atoms with Crippen LogP contribution in [0.1, 0.15) is 57.0 Å². The van der Waals surface area contributed by atoms with Gasteiger partial charge in [0.2, 0.25) is 5.91 Å². The zero-order valence-electron chi connectivity index (χ0n) is 24.7. The zero-order chi connectivity index (χ0) is 30.5. The summed E-state index contributed by atoms with van der Waals surface area (Å²) in [5, 5.41) is 5.53. The summed E-state index contributed by atoms with van der Waals surface area (Å²) in [7, 11) is 1.28. The van der Waals surface area contributed by atoms with E-state index in [0.717, 1.165) is 52.1 Å². The van der Waals surface area contributed by atoms with Crippen molar-refractivity contribution in [2.75, 3.05) is 20.2 Å². The molecule has 0 saturated carbocycles. The first-order valence-corrected chi connectivity index (χ1v) is 14.7. The number of amides is 3. The number of hydrogen-bond acceptors (Lipinski definition) is 7. The Morgan fingerprint density at radius 3 is 2.47 bits per heavy atom. The number of hydrogen-bond donors (Lipinski definition) is 3. The molecule has 226 valence electrons. The number of alkyl carbamates (subject to hydrolysis) is 1. The number of aromatic amines is 1. The third kappa shape index (κ3) is 6.73. The Morgan fingerprint density at radius 1 is 1.05 bits per heavy atom. The normalized spacial score (nSPS) is 19.0. The lowest BCUT2D eigenvalue weighted by Gasteiger charge is -2.30. The average molecular weight is 589 g/mol. The smallest absolute Gasteiger partial charge is 0.407 e. The van der Waals surface area contributed by atoms with E-state index in [-0.39, 0.29) is 23.8 Å². The lowest BCUT2D eigenvalue weighted by molar-refractivity contribution is -0.551. The summed E-state index contributed by atoms with van der Waals surface area (Å²) in [5.74, 6) is 0.222. The van der Waals surface area contributed by atoms with E-state index in [9.17, 15) is 19.3 Å². The van der Waals surface area contributed by atoms with Crippen molar-refractivity contribution < 1.29 is 23.9 Å². The van der Waals surface area contributed by atoms with Crippen molar-refractivity contribution in [3.63, 3.8) is 0 Å². The zero-order valence-corrected chi connectivity index (χ0v) is 24.7. The van der Waals surface area contributed by atoms with Crippen molar-refractivity contribution >= 4 is 17.9 Å². The van der Waals surface area contributed by atoms with Gasteiger partial charge in [-0.1, -0.05) is 38.1 Å². The summed E-state index contributed by atoms with van der Waals surface area (Å²) in [5.41, 5.74) is 4.34. The average Bonchev–Trinajstić information content (AvgIpc) is 3.79. The van der Waals surface area contributed by atoms with Crippen LogP contribution < -0.4 is 10.6 Å². The van der Waals surface area contributed by atoms with Gasteiger partial charge < -0.3 is 25.3 Å². The van der Waals surface area contributed by atoms with Crippen LogP contribution in [0.15, 0.2) is 48.8 Å². The molecule has 43 heavy (non-hydrogen) atoms. The molecule has 3 aromatic rings. The summed E-state index contributed by atoms with van der Waals surface area (Å²) >= 11 is 0. The van der Waals surface area contributed by atoms with Gasteiger partial charge in [-0.2, -0.15) is 0 Å². The molecule has 2 aromatic heterocycles. The molecule has 0 aliphatic carbocycles. The maximum absolute atomic E-state index is 13.4. The van der Waals surface area contributed by atoms with E-state index >= 15 is 0 Å². The molecule has 2 fully saturated rings. The van der Waals surface area contributed by atoms with Crippen molar-refractivity contribution in [1.82, 2.24) is 30.5 Å². The first-order valence-electron chi connectivity index (χ1n) is 14.7. The number of imidazole rings is 1. The first kappa shape index (κ1) is 29.9. The van der Waals surface area contributed by atoms with Crippen LogP contribution in [-0.4, -0.2) is 74.8 Å². The Morgan fingerprint density at radius 2 is 1.81 bits per heavy atom. The lowest BCUT2D eigenvalue weighted by Crippen LogP contribution is -2.51.